The molecule has 0 aliphatic carbocycles. The van der Waals surface area contributed by atoms with Crippen LogP contribution in [-0.2, 0) is 9.47 Å². The first kappa shape index (κ1) is 20.9. The van der Waals surface area contributed by atoms with Gasteiger partial charge < -0.3 is 14.6 Å². The third kappa shape index (κ3) is 5.82. The Morgan fingerprint density at radius 3 is 1.89 bits per heavy atom. The average molecular weight is 391 g/mol. The normalized spacial score (nSPS) is 21.8. The molecule has 28 heavy (non-hydrogen) atoms. The van der Waals surface area contributed by atoms with Gasteiger partial charge in [-0.05, 0) is 49.2 Å². The summed E-state index contributed by atoms with van der Waals surface area (Å²) >= 11 is 0. The van der Waals surface area contributed by atoms with Gasteiger partial charge in [0.15, 0.2) is 0 Å². The van der Waals surface area contributed by atoms with Crippen molar-refractivity contribution in [3.05, 3.63) is 71.3 Å². The number of rotatable bonds is 7. The van der Waals surface area contributed by atoms with Gasteiger partial charge in [-0.3, -0.25) is 4.90 Å². The van der Waals surface area contributed by atoms with Crippen molar-refractivity contribution >= 4 is 0 Å². The third-order valence-corrected chi connectivity index (χ3v) is 4.76. The smallest absolute Gasteiger partial charge is 0.123 e. The largest absolute Gasteiger partial charge is 0.389 e. The third-order valence-electron chi connectivity index (χ3n) is 4.76. The molecule has 6 heteroatoms. The highest BCUT2D eigenvalue weighted by molar-refractivity contribution is 5.30. The predicted molar refractivity (Wildman–Crippen MR) is 103 cm³/mol. The molecule has 2 aromatic rings. The van der Waals surface area contributed by atoms with Gasteiger partial charge in [0.2, 0.25) is 0 Å². The number of hydrogen-bond acceptors (Lipinski definition) is 4. The van der Waals surface area contributed by atoms with Crippen molar-refractivity contribution in [2.75, 3.05) is 26.2 Å². The second-order valence-electron chi connectivity index (χ2n) is 7.45. The van der Waals surface area contributed by atoms with Gasteiger partial charge >= 0.3 is 0 Å². The molecule has 3 rings (SSSR count). The minimum Gasteiger partial charge on any atom is -0.389 e. The van der Waals surface area contributed by atoms with E-state index in [0.717, 1.165) is 24.2 Å². The highest BCUT2D eigenvalue weighted by atomic mass is 19.1. The Bertz CT molecular complexity index is 683. The number of aliphatic hydroxyl groups excluding tert-OH is 1. The van der Waals surface area contributed by atoms with Gasteiger partial charge in [0, 0.05) is 19.6 Å². The van der Waals surface area contributed by atoms with Crippen molar-refractivity contribution in [2.24, 2.45) is 0 Å². The van der Waals surface area contributed by atoms with E-state index in [-0.39, 0.29) is 30.4 Å². The summed E-state index contributed by atoms with van der Waals surface area (Å²) in [5, 5.41) is 10.5. The lowest BCUT2D eigenvalue weighted by Gasteiger charge is -2.36. The number of halogens is 2. The van der Waals surface area contributed by atoms with Crippen LogP contribution in [0, 0.1) is 11.6 Å². The van der Waals surface area contributed by atoms with Crippen molar-refractivity contribution in [2.45, 2.75) is 38.3 Å². The predicted octanol–water partition coefficient (Wildman–Crippen LogP) is 3.54. The van der Waals surface area contributed by atoms with Crippen molar-refractivity contribution < 1.29 is 23.4 Å². The van der Waals surface area contributed by atoms with Gasteiger partial charge in [-0.2, -0.15) is 0 Å². The van der Waals surface area contributed by atoms with Gasteiger partial charge in [0.25, 0.3) is 0 Å². The number of β-amino-alcohol motifs (C(OH)–C–C–N with tert-alkyl or cyclic N) is 1. The first-order valence-corrected chi connectivity index (χ1v) is 9.59. The van der Waals surface area contributed by atoms with Gasteiger partial charge in [-0.15, -0.1) is 0 Å². The van der Waals surface area contributed by atoms with E-state index >= 15 is 0 Å². The Hall–Kier alpha value is -1.86. The van der Waals surface area contributed by atoms with Gasteiger partial charge in [0.05, 0.1) is 24.9 Å². The number of aliphatic hydroxyl groups is 1. The second kappa shape index (κ2) is 9.56. The molecule has 1 heterocycles. The standard InChI is InChI=1S/C22H27F2NO3/c1-15-11-25(12-16(2)28-15)13-21(26)14-27-22(17-3-7-19(23)8-4-17)18-5-9-20(24)10-6-18/h3-10,15-16,21-22,26H,11-14H2,1-2H3/t15-,16-,21-/m0/s1. The first-order valence-electron chi connectivity index (χ1n) is 9.59. The maximum atomic E-state index is 13.3. The van der Waals surface area contributed by atoms with E-state index in [0.29, 0.717) is 6.54 Å². The minimum absolute atomic E-state index is 0.111. The van der Waals surface area contributed by atoms with E-state index in [1.165, 1.54) is 24.3 Å². The zero-order valence-electron chi connectivity index (χ0n) is 16.2. The lowest BCUT2D eigenvalue weighted by molar-refractivity contribution is -0.0843. The Morgan fingerprint density at radius 1 is 0.964 bits per heavy atom. The van der Waals surface area contributed by atoms with E-state index in [2.05, 4.69) is 4.90 Å². The molecule has 0 spiro atoms. The van der Waals surface area contributed by atoms with Crippen molar-refractivity contribution in [1.29, 1.82) is 0 Å². The van der Waals surface area contributed by atoms with Crippen LogP contribution in [0.2, 0.25) is 0 Å². The number of ether oxygens (including phenoxy) is 2. The summed E-state index contributed by atoms with van der Waals surface area (Å²) in [6, 6.07) is 12.0. The summed E-state index contributed by atoms with van der Waals surface area (Å²) < 4.78 is 38.3. The molecule has 3 atom stereocenters. The highest BCUT2D eigenvalue weighted by Crippen LogP contribution is 2.27. The van der Waals surface area contributed by atoms with Crippen LogP contribution in [0.5, 0.6) is 0 Å². The molecule has 0 unspecified atom stereocenters. The summed E-state index contributed by atoms with van der Waals surface area (Å²) in [5.41, 5.74) is 1.49. The van der Waals surface area contributed by atoms with Gasteiger partial charge in [0.1, 0.15) is 17.7 Å². The number of nitrogens with zero attached hydrogens (tertiary/aromatic N) is 1. The Labute approximate surface area is 164 Å². The topological polar surface area (TPSA) is 41.9 Å². The molecule has 1 aliphatic heterocycles. The summed E-state index contributed by atoms with van der Waals surface area (Å²) in [4.78, 5) is 2.16. The fourth-order valence-electron chi connectivity index (χ4n) is 3.65. The molecule has 1 saturated heterocycles. The fourth-order valence-corrected chi connectivity index (χ4v) is 3.65. The lowest BCUT2D eigenvalue weighted by Crippen LogP contribution is -2.48. The Balaban J connectivity index is 1.65. The average Bonchev–Trinajstić information content (AvgIpc) is 2.64. The van der Waals surface area contributed by atoms with E-state index < -0.39 is 12.2 Å². The quantitative estimate of drug-likeness (QED) is 0.784. The van der Waals surface area contributed by atoms with Gasteiger partial charge in [-0.1, -0.05) is 24.3 Å². The Kier molecular flexibility index (Phi) is 7.13. The van der Waals surface area contributed by atoms with Crippen molar-refractivity contribution in [3.63, 3.8) is 0 Å². The zero-order chi connectivity index (χ0) is 20.1. The fraction of sp³-hybridized carbons (Fsp3) is 0.455. The Morgan fingerprint density at radius 2 is 1.43 bits per heavy atom. The van der Waals surface area contributed by atoms with Crippen LogP contribution in [-0.4, -0.2) is 54.6 Å². The number of benzene rings is 2. The monoisotopic (exact) mass is 391 g/mol. The highest BCUT2D eigenvalue weighted by Gasteiger charge is 2.24. The second-order valence-corrected chi connectivity index (χ2v) is 7.45. The summed E-state index contributed by atoms with van der Waals surface area (Å²) in [7, 11) is 0. The molecule has 0 radical (unpaired) electrons. The van der Waals surface area contributed by atoms with Gasteiger partial charge in [-0.25, -0.2) is 8.78 Å². The molecule has 0 aromatic heterocycles. The van der Waals surface area contributed by atoms with E-state index in [9.17, 15) is 13.9 Å². The molecular formula is C22H27F2NO3. The zero-order valence-corrected chi connectivity index (χ0v) is 16.2. The van der Waals surface area contributed by atoms with E-state index in [4.69, 9.17) is 9.47 Å². The lowest BCUT2D eigenvalue weighted by atomic mass is 10.0. The van der Waals surface area contributed by atoms with Crippen LogP contribution in [0.1, 0.15) is 31.1 Å². The van der Waals surface area contributed by atoms with Crippen molar-refractivity contribution in [1.82, 2.24) is 4.90 Å². The van der Waals surface area contributed by atoms with Crippen LogP contribution < -0.4 is 0 Å². The van der Waals surface area contributed by atoms with E-state index in [1.54, 1.807) is 24.3 Å². The molecule has 0 bridgehead atoms. The SMILES string of the molecule is C[C@H]1CN(C[C@H](O)COC(c2ccc(F)cc2)c2ccc(F)cc2)C[C@H](C)O1. The molecule has 0 saturated carbocycles. The number of hydrogen-bond donors (Lipinski definition) is 1. The number of morpholine rings is 1. The first-order chi connectivity index (χ1) is 13.4. The van der Waals surface area contributed by atoms with Crippen LogP contribution in [0.4, 0.5) is 8.78 Å². The molecule has 1 fully saturated rings. The van der Waals surface area contributed by atoms with E-state index in [1.807, 2.05) is 13.8 Å². The summed E-state index contributed by atoms with van der Waals surface area (Å²) in [6.45, 7) is 6.16. The molecule has 0 amide bonds. The van der Waals surface area contributed by atoms with Crippen LogP contribution in [0.3, 0.4) is 0 Å². The minimum atomic E-state index is -0.680. The maximum absolute atomic E-state index is 13.3. The van der Waals surface area contributed by atoms with Crippen molar-refractivity contribution in [3.8, 4) is 0 Å². The molecule has 1 N–H and O–H groups in total. The molecule has 2 aromatic carbocycles. The molecule has 4 nitrogen and oxygen atoms in total. The summed E-state index contributed by atoms with van der Waals surface area (Å²) in [6.07, 6.45) is -0.939. The molecular weight excluding hydrogens is 364 g/mol. The van der Waals surface area contributed by atoms with Crippen LogP contribution in [0.25, 0.3) is 0 Å². The molecule has 152 valence electrons. The van der Waals surface area contributed by atoms with Crippen LogP contribution in [0.15, 0.2) is 48.5 Å². The summed E-state index contributed by atoms with van der Waals surface area (Å²) in [5.74, 6) is -0.672. The molecule has 1 aliphatic rings. The maximum Gasteiger partial charge on any atom is 0.123 e. The van der Waals surface area contributed by atoms with Crippen LogP contribution >= 0.6 is 0 Å².